The molecular weight excluding hydrogens is 461 g/mol. The van der Waals surface area contributed by atoms with Crippen molar-refractivity contribution in [2.24, 2.45) is 5.92 Å². The normalized spacial score (nSPS) is 20.3. The van der Waals surface area contributed by atoms with Crippen molar-refractivity contribution in [2.45, 2.75) is 65.2 Å². The summed E-state index contributed by atoms with van der Waals surface area (Å²) in [7, 11) is 0. The van der Waals surface area contributed by atoms with Crippen LogP contribution in [0, 0.1) is 19.8 Å². The molecule has 1 unspecified atom stereocenters. The minimum absolute atomic E-state index is 0.0250. The smallest absolute Gasteiger partial charge is 0.257 e. The molecule has 1 aromatic carbocycles. The Morgan fingerprint density at radius 1 is 1.21 bits per heavy atom. The summed E-state index contributed by atoms with van der Waals surface area (Å²) in [5.41, 5.74) is 0.830. The molecule has 2 aliphatic rings. The van der Waals surface area contributed by atoms with E-state index in [-0.39, 0.29) is 17.9 Å². The van der Waals surface area contributed by atoms with E-state index < -0.39 is 5.66 Å². The summed E-state index contributed by atoms with van der Waals surface area (Å²) >= 11 is 12.9. The number of rotatable bonds is 5. The van der Waals surface area contributed by atoms with Gasteiger partial charge in [-0.2, -0.15) is 0 Å². The van der Waals surface area contributed by atoms with Crippen molar-refractivity contribution in [3.63, 3.8) is 0 Å². The van der Waals surface area contributed by atoms with Crippen molar-refractivity contribution >= 4 is 35.0 Å². The third kappa shape index (κ3) is 4.66. The molecule has 0 bridgehead atoms. The van der Waals surface area contributed by atoms with Gasteiger partial charge in [0.1, 0.15) is 11.5 Å². The summed E-state index contributed by atoms with van der Waals surface area (Å²) < 4.78 is 5.55. The zero-order chi connectivity index (χ0) is 23.9. The molecule has 0 saturated carbocycles. The van der Waals surface area contributed by atoms with Crippen LogP contribution in [-0.2, 0) is 11.3 Å². The zero-order valence-corrected chi connectivity index (χ0v) is 21.1. The van der Waals surface area contributed by atoms with Crippen LogP contribution in [0.4, 0.5) is 0 Å². The number of aryl methyl sites for hydroxylation is 2. The molecule has 1 spiro atoms. The van der Waals surface area contributed by atoms with Gasteiger partial charge in [-0.05, 0) is 44.4 Å². The van der Waals surface area contributed by atoms with E-state index in [2.05, 4.69) is 19.2 Å². The fraction of sp³-hybridized carbons (Fsp3) is 0.520. The lowest BCUT2D eigenvalue weighted by molar-refractivity contribution is -0.134. The summed E-state index contributed by atoms with van der Waals surface area (Å²) in [6, 6.07) is 6.94. The molecule has 3 heterocycles. The predicted molar refractivity (Wildman–Crippen MR) is 129 cm³/mol. The summed E-state index contributed by atoms with van der Waals surface area (Å²) in [6.45, 7) is 9.32. The Labute approximate surface area is 205 Å². The Hall–Kier alpha value is -2.02. The highest BCUT2D eigenvalue weighted by molar-refractivity contribution is 6.36. The minimum Gasteiger partial charge on any atom is -0.466 e. The van der Waals surface area contributed by atoms with Gasteiger partial charge in [-0.15, -0.1) is 0 Å². The molecule has 178 valence electrons. The van der Waals surface area contributed by atoms with Crippen LogP contribution in [-0.4, -0.2) is 46.4 Å². The van der Waals surface area contributed by atoms with Crippen LogP contribution in [0.15, 0.2) is 28.7 Å². The SMILES string of the molecule is Cc1cc(C(=O)N2CCC3(CC2)NC(CC(C)C)C(=O)N3Cc2c(Cl)cccc2Cl)c(C)o1. The summed E-state index contributed by atoms with van der Waals surface area (Å²) in [5, 5.41) is 4.75. The summed E-state index contributed by atoms with van der Waals surface area (Å²) in [6.07, 6.45) is 2.03. The van der Waals surface area contributed by atoms with Crippen LogP contribution in [0.25, 0.3) is 0 Å². The van der Waals surface area contributed by atoms with Gasteiger partial charge in [0.25, 0.3) is 5.91 Å². The molecule has 8 heteroatoms. The Morgan fingerprint density at radius 2 is 1.85 bits per heavy atom. The number of furan rings is 1. The molecule has 1 aromatic heterocycles. The average molecular weight is 492 g/mol. The van der Waals surface area contributed by atoms with E-state index in [9.17, 15) is 9.59 Å². The number of piperidine rings is 1. The second kappa shape index (κ2) is 9.32. The van der Waals surface area contributed by atoms with Gasteiger partial charge in [0.15, 0.2) is 0 Å². The maximum absolute atomic E-state index is 13.5. The van der Waals surface area contributed by atoms with Crippen LogP contribution in [0.5, 0.6) is 0 Å². The first-order chi connectivity index (χ1) is 15.6. The number of carbonyl (C=O) groups excluding carboxylic acids is 2. The van der Waals surface area contributed by atoms with E-state index in [0.29, 0.717) is 59.8 Å². The first-order valence-electron chi connectivity index (χ1n) is 11.5. The number of likely N-dealkylation sites (tertiary alicyclic amines) is 1. The highest BCUT2D eigenvalue weighted by Gasteiger charge is 2.52. The van der Waals surface area contributed by atoms with Gasteiger partial charge in [0, 0.05) is 41.5 Å². The lowest BCUT2D eigenvalue weighted by Gasteiger charge is -2.45. The van der Waals surface area contributed by atoms with Gasteiger partial charge in [-0.1, -0.05) is 43.1 Å². The predicted octanol–water partition coefficient (Wildman–Crippen LogP) is 5.18. The summed E-state index contributed by atoms with van der Waals surface area (Å²) in [4.78, 5) is 30.4. The van der Waals surface area contributed by atoms with Crippen molar-refractivity contribution in [3.8, 4) is 0 Å². The Bertz CT molecular complexity index is 1040. The van der Waals surface area contributed by atoms with Crippen LogP contribution >= 0.6 is 23.2 Å². The van der Waals surface area contributed by atoms with Crippen LogP contribution in [0.2, 0.25) is 10.0 Å². The molecule has 1 atom stereocenters. The maximum Gasteiger partial charge on any atom is 0.257 e. The number of amides is 2. The highest BCUT2D eigenvalue weighted by Crippen LogP contribution is 2.38. The molecule has 33 heavy (non-hydrogen) atoms. The van der Waals surface area contributed by atoms with Crippen LogP contribution in [0.3, 0.4) is 0 Å². The largest absolute Gasteiger partial charge is 0.466 e. The quantitative estimate of drug-likeness (QED) is 0.625. The van der Waals surface area contributed by atoms with Crippen molar-refractivity contribution < 1.29 is 14.0 Å². The molecule has 0 aliphatic carbocycles. The number of hydrogen-bond acceptors (Lipinski definition) is 4. The van der Waals surface area contributed by atoms with Gasteiger partial charge in [0.05, 0.1) is 23.8 Å². The molecule has 0 radical (unpaired) electrons. The molecule has 2 aromatic rings. The second-order valence-electron chi connectivity index (χ2n) is 9.60. The van der Waals surface area contributed by atoms with Crippen molar-refractivity contribution in [1.82, 2.24) is 15.1 Å². The molecule has 2 fully saturated rings. The number of nitrogens with zero attached hydrogens (tertiary/aromatic N) is 2. The topological polar surface area (TPSA) is 65.8 Å². The van der Waals surface area contributed by atoms with Crippen LogP contribution < -0.4 is 5.32 Å². The number of hydrogen-bond donors (Lipinski definition) is 1. The van der Waals surface area contributed by atoms with E-state index in [1.807, 2.05) is 23.6 Å². The lowest BCUT2D eigenvalue weighted by Crippen LogP contribution is -2.59. The van der Waals surface area contributed by atoms with E-state index in [1.165, 1.54) is 0 Å². The molecule has 2 aliphatic heterocycles. The number of carbonyl (C=O) groups is 2. The van der Waals surface area contributed by atoms with E-state index in [0.717, 1.165) is 17.7 Å². The maximum atomic E-state index is 13.5. The van der Waals surface area contributed by atoms with E-state index in [1.54, 1.807) is 24.3 Å². The minimum atomic E-state index is -0.530. The Kier molecular flexibility index (Phi) is 6.81. The van der Waals surface area contributed by atoms with Crippen molar-refractivity contribution in [1.29, 1.82) is 0 Å². The van der Waals surface area contributed by atoms with Crippen LogP contribution in [0.1, 0.15) is 60.6 Å². The first-order valence-corrected chi connectivity index (χ1v) is 12.3. The van der Waals surface area contributed by atoms with Crippen molar-refractivity contribution in [3.05, 3.63) is 57.0 Å². The number of nitrogens with one attached hydrogen (secondary N) is 1. The molecule has 4 rings (SSSR count). The van der Waals surface area contributed by atoms with Gasteiger partial charge in [-0.3, -0.25) is 14.9 Å². The van der Waals surface area contributed by atoms with Gasteiger partial charge in [0.2, 0.25) is 5.91 Å². The zero-order valence-electron chi connectivity index (χ0n) is 19.6. The fourth-order valence-corrected chi connectivity index (χ4v) is 5.59. The lowest BCUT2D eigenvalue weighted by atomic mass is 9.94. The molecular formula is C25H31Cl2N3O3. The fourth-order valence-electron chi connectivity index (χ4n) is 5.07. The summed E-state index contributed by atoms with van der Waals surface area (Å²) in [5.74, 6) is 1.79. The Morgan fingerprint density at radius 3 is 2.39 bits per heavy atom. The molecule has 6 nitrogen and oxygen atoms in total. The van der Waals surface area contributed by atoms with E-state index >= 15 is 0 Å². The van der Waals surface area contributed by atoms with E-state index in [4.69, 9.17) is 27.6 Å². The third-order valence-electron chi connectivity index (χ3n) is 6.76. The third-order valence-corrected chi connectivity index (χ3v) is 7.47. The molecule has 1 N–H and O–H groups in total. The van der Waals surface area contributed by atoms with Gasteiger partial charge < -0.3 is 14.2 Å². The second-order valence-corrected chi connectivity index (χ2v) is 10.4. The highest BCUT2D eigenvalue weighted by atomic mass is 35.5. The Balaban J connectivity index is 1.57. The van der Waals surface area contributed by atoms with Crippen molar-refractivity contribution in [2.75, 3.05) is 13.1 Å². The first kappa shape index (κ1) is 24.1. The van der Waals surface area contributed by atoms with Gasteiger partial charge >= 0.3 is 0 Å². The monoisotopic (exact) mass is 491 g/mol. The molecule has 2 saturated heterocycles. The standard InChI is InChI=1S/C25H31Cl2N3O3/c1-15(2)12-22-24(32)30(14-19-20(26)6-5-7-21(19)27)25(28-22)8-10-29(11-9-25)23(31)18-13-16(3)33-17(18)4/h5-7,13,15,22,28H,8-12,14H2,1-4H3. The average Bonchev–Trinajstić information content (AvgIpc) is 3.21. The number of benzene rings is 1. The number of halogens is 2. The van der Waals surface area contributed by atoms with Gasteiger partial charge in [-0.25, -0.2) is 0 Å². The molecule has 2 amide bonds.